The molecule has 0 aliphatic rings. The molecule has 0 saturated carbocycles. The van der Waals surface area contributed by atoms with Crippen LogP contribution in [0.3, 0.4) is 0 Å². The number of nitrogens with one attached hydrogen (secondary N) is 2. The molecule has 1 heterocycles. The van der Waals surface area contributed by atoms with Crippen LogP contribution in [0.5, 0.6) is 0 Å². The van der Waals surface area contributed by atoms with Gasteiger partial charge in [-0.1, -0.05) is 18.2 Å². The second-order valence-corrected chi connectivity index (χ2v) is 7.24. The molecule has 0 bridgehead atoms. The van der Waals surface area contributed by atoms with E-state index in [0.717, 1.165) is 16.5 Å². The maximum absolute atomic E-state index is 13.3. The van der Waals surface area contributed by atoms with E-state index in [9.17, 15) is 14.0 Å². The van der Waals surface area contributed by atoms with Gasteiger partial charge in [-0.2, -0.15) is 0 Å². The molecule has 0 atom stereocenters. The van der Waals surface area contributed by atoms with Crippen molar-refractivity contribution in [2.45, 2.75) is 13.8 Å². The van der Waals surface area contributed by atoms with E-state index in [-0.39, 0.29) is 17.6 Å². The molecule has 0 saturated heterocycles. The summed E-state index contributed by atoms with van der Waals surface area (Å²) in [7, 11) is 0. The number of rotatable bonds is 4. The van der Waals surface area contributed by atoms with Crippen molar-refractivity contribution in [1.29, 1.82) is 0 Å². The van der Waals surface area contributed by atoms with Crippen molar-refractivity contribution in [3.8, 4) is 11.3 Å². The number of aryl methyl sites for hydroxylation is 1. The van der Waals surface area contributed by atoms with E-state index in [0.29, 0.717) is 28.1 Å². The van der Waals surface area contributed by atoms with Crippen molar-refractivity contribution in [2.75, 3.05) is 10.6 Å². The number of hydrogen-bond acceptors (Lipinski definition) is 3. The highest BCUT2D eigenvalue weighted by atomic mass is 19.1. The van der Waals surface area contributed by atoms with Gasteiger partial charge < -0.3 is 10.6 Å². The highest BCUT2D eigenvalue weighted by Crippen LogP contribution is 2.26. The fourth-order valence-electron chi connectivity index (χ4n) is 3.40. The Bertz CT molecular complexity index is 1300. The van der Waals surface area contributed by atoms with E-state index in [4.69, 9.17) is 0 Å². The molecule has 2 amide bonds. The lowest BCUT2D eigenvalue weighted by Gasteiger charge is -2.12. The molecular weight excluding hydrogens is 393 g/mol. The number of hydrogen-bond donors (Lipinski definition) is 2. The number of aromatic nitrogens is 1. The molecular formula is C25H20FN3O2. The SMILES string of the molecule is CC(=O)Nc1ccc(NC(=O)c2cc(-c3ccc(F)cc3)nc3ccccc23)cc1C. The van der Waals surface area contributed by atoms with E-state index in [1.165, 1.54) is 19.1 Å². The van der Waals surface area contributed by atoms with Crippen molar-refractivity contribution < 1.29 is 14.0 Å². The standard InChI is InChI=1S/C25H20FN3O2/c1-15-13-19(11-12-22(15)27-16(2)30)28-25(31)21-14-24(17-7-9-18(26)10-8-17)29-23-6-4-3-5-20(21)23/h3-14H,1-2H3,(H,27,30)(H,28,31). The number of amides is 2. The van der Waals surface area contributed by atoms with Crippen LogP contribution < -0.4 is 10.6 Å². The molecule has 0 fully saturated rings. The first-order valence-electron chi connectivity index (χ1n) is 9.76. The molecule has 3 aromatic carbocycles. The van der Waals surface area contributed by atoms with E-state index < -0.39 is 0 Å². The van der Waals surface area contributed by atoms with Gasteiger partial charge >= 0.3 is 0 Å². The van der Waals surface area contributed by atoms with Gasteiger partial charge in [-0.05, 0) is 67.1 Å². The molecule has 0 aliphatic carbocycles. The molecule has 4 rings (SSSR count). The molecule has 4 aromatic rings. The Labute approximate surface area is 178 Å². The molecule has 0 radical (unpaired) electrons. The number of pyridine rings is 1. The number of nitrogens with zero attached hydrogens (tertiary/aromatic N) is 1. The molecule has 1 aromatic heterocycles. The predicted octanol–water partition coefficient (Wildman–Crippen LogP) is 5.56. The number of fused-ring (bicyclic) bond motifs is 1. The van der Waals surface area contributed by atoms with Crippen LogP contribution in [0.15, 0.2) is 72.8 Å². The monoisotopic (exact) mass is 413 g/mol. The van der Waals surface area contributed by atoms with Gasteiger partial charge in [0.05, 0.1) is 16.8 Å². The molecule has 5 nitrogen and oxygen atoms in total. The normalized spacial score (nSPS) is 10.7. The maximum Gasteiger partial charge on any atom is 0.256 e. The maximum atomic E-state index is 13.3. The summed E-state index contributed by atoms with van der Waals surface area (Å²) in [5.41, 5.74) is 4.58. The Kier molecular flexibility index (Phi) is 5.45. The van der Waals surface area contributed by atoms with Crippen LogP contribution in [0.4, 0.5) is 15.8 Å². The number of anilines is 2. The summed E-state index contributed by atoms with van der Waals surface area (Å²) in [5, 5.41) is 6.39. The van der Waals surface area contributed by atoms with Crippen LogP contribution in [0, 0.1) is 12.7 Å². The molecule has 6 heteroatoms. The summed E-state index contributed by atoms with van der Waals surface area (Å²) in [5.74, 6) is -0.773. The molecule has 0 spiro atoms. The van der Waals surface area contributed by atoms with Crippen molar-refractivity contribution >= 4 is 34.1 Å². The zero-order chi connectivity index (χ0) is 22.0. The van der Waals surface area contributed by atoms with E-state index in [1.807, 2.05) is 31.2 Å². The average molecular weight is 413 g/mol. The van der Waals surface area contributed by atoms with Crippen molar-refractivity contribution in [1.82, 2.24) is 4.98 Å². The summed E-state index contributed by atoms with van der Waals surface area (Å²) in [6.07, 6.45) is 0. The van der Waals surface area contributed by atoms with Crippen LogP contribution in [0.1, 0.15) is 22.8 Å². The first-order valence-corrected chi connectivity index (χ1v) is 9.76. The van der Waals surface area contributed by atoms with E-state index >= 15 is 0 Å². The smallest absolute Gasteiger partial charge is 0.256 e. The van der Waals surface area contributed by atoms with Gasteiger partial charge in [0.15, 0.2) is 0 Å². The molecule has 154 valence electrons. The van der Waals surface area contributed by atoms with Gasteiger partial charge in [0.1, 0.15) is 5.82 Å². The minimum Gasteiger partial charge on any atom is -0.326 e. The van der Waals surface area contributed by atoms with Crippen LogP contribution in [-0.2, 0) is 4.79 Å². The highest BCUT2D eigenvalue weighted by molar-refractivity contribution is 6.13. The number of para-hydroxylation sites is 1. The van der Waals surface area contributed by atoms with Crippen molar-refractivity contribution in [2.24, 2.45) is 0 Å². The van der Waals surface area contributed by atoms with E-state index in [2.05, 4.69) is 15.6 Å². The van der Waals surface area contributed by atoms with Gasteiger partial charge in [-0.25, -0.2) is 9.37 Å². The summed E-state index contributed by atoms with van der Waals surface area (Å²) >= 11 is 0. The molecule has 2 N–H and O–H groups in total. The molecule has 0 aliphatic heterocycles. The van der Waals surface area contributed by atoms with Gasteiger partial charge in [-0.15, -0.1) is 0 Å². The summed E-state index contributed by atoms with van der Waals surface area (Å²) in [4.78, 5) is 29.1. The largest absolute Gasteiger partial charge is 0.326 e. The average Bonchev–Trinajstić information content (AvgIpc) is 2.75. The number of carbonyl (C=O) groups is 2. The topological polar surface area (TPSA) is 71.1 Å². The summed E-state index contributed by atoms with van der Waals surface area (Å²) < 4.78 is 13.3. The van der Waals surface area contributed by atoms with Crippen LogP contribution >= 0.6 is 0 Å². The molecule has 0 unspecified atom stereocenters. The van der Waals surface area contributed by atoms with Crippen LogP contribution in [-0.4, -0.2) is 16.8 Å². The third-order valence-electron chi connectivity index (χ3n) is 4.90. The molecule has 31 heavy (non-hydrogen) atoms. The Morgan fingerprint density at radius 3 is 2.35 bits per heavy atom. The second kappa shape index (κ2) is 8.36. The Hall–Kier alpha value is -4.06. The zero-order valence-electron chi connectivity index (χ0n) is 17.1. The Morgan fingerprint density at radius 2 is 1.65 bits per heavy atom. The summed E-state index contributed by atoms with van der Waals surface area (Å²) in [6.45, 7) is 3.30. The second-order valence-electron chi connectivity index (χ2n) is 7.24. The minimum absolute atomic E-state index is 0.156. The number of halogens is 1. The predicted molar refractivity (Wildman–Crippen MR) is 121 cm³/mol. The third-order valence-corrected chi connectivity index (χ3v) is 4.90. The van der Waals surface area contributed by atoms with Gasteiger partial charge in [0.2, 0.25) is 5.91 Å². The quantitative estimate of drug-likeness (QED) is 0.460. The Morgan fingerprint density at radius 1 is 0.903 bits per heavy atom. The fraction of sp³-hybridized carbons (Fsp3) is 0.0800. The lowest BCUT2D eigenvalue weighted by Crippen LogP contribution is -2.14. The van der Waals surface area contributed by atoms with Crippen molar-refractivity contribution in [3.05, 3.63) is 89.7 Å². The minimum atomic E-state index is -0.333. The highest BCUT2D eigenvalue weighted by Gasteiger charge is 2.15. The van der Waals surface area contributed by atoms with Gasteiger partial charge in [0.25, 0.3) is 5.91 Å². The van der Waals surface area contributed by atoms with E-state index in [1.54, 1.807) is 36.4 Å². The third kappa shape index (κ3) is 4.43. The van der Waals surface area contributed by atoms with Crippen LogP contribution in [0.25, 0.3) is 22.2 Å². The van der Waals surface area contributed by atoms with Gasteiger partial charge in [-0.3, -0.25) is 9.59 Å². The first-order chi connectivity index (χ1) is 14.9. The lowest BCUT2D eigenvalue weighted by molar-refractivity contribution is -0.114. The first kappa shape index (κ1) is 20.2. The number of carbonyl (C=O) groups excluding carboxylic acids is 2. The summed E-state index contributed by atoms with van der Waals surface area (Å²) in [6, 6.07) is 20.4. The Balaban J connectivity index is 1.71. The zero-order valence-corrected chi connectivity index (χ0v) is 17.1. The fourth-order valence-corrected chi connectivity index (χ4v) is 3.40. The van der Waals surface area contributed by atoms with Gasteiger partial charge in [0, 0.05) is 29.2 Å². The van der Waals surface area contributed by atoms with Crippen molar-refractivity contribution in [3.63, 3.8) is 0 Å². The van der Waals surface area contributed by atoms with Crippen LogP contribution in [0.2, 0.25) is 0 Å². The lowest BCUT2D eigenvalue weighted by atomic mass is 10.0. The number of benzene rings is 3.